The number of allylic oxidation sites excluding steroid dienone is 1. The summed E-state index contributed by atoms with van der Waals surface area (Å²) in [5, 5.41) is 17.3. The van der Waals surface area contributed by atoms with Crippen LogP contribution in [0.4, 0.5) is 0 Å². The molecule has 0 atom stereocenters. The summed E-state index contributed by atoms with van der Waals surface area (Å²) in [6, 6.07) is 0. The molecule has 0 bridgehead atoms. The van der Waals surface area contributed by atoms with Crippen molar-refractivity contribution in [1.82, 2.24) is 0 Å². The lowest BCUT2D eigenvalue weighted by molar-refractivity contribution is 0.282. The van der Waals surface area contributed by atoms with Crippen LogP contribution >= 0.6 is 0 Å². The van der Waals surface area contributed by atoms with E-state index in [-0.39, 0.29) is 0 Å². The van der Waals surface area contributed by atoms with Crippen molar-refractivity contribution in [3.63, 3.8) is 0 Å². The van der Waals surface area contributed by atoms with Crippen molar-refractivity contribution >= 4 is 0 Å². The van der Waals surface area contributed by atoms with Gasteiger partial charge in [0.15, 0.2) is 0 Å². The van der Waals surface area contributed by atoms with Crippen molar-refractivity contribution < 1.29 is 10.2 Å². The highest BCUT2D eigenvalue weighted by atomic mass is 16.3. The highest BCUT2D eigenvalue weighted by molar-refractivity contribution is 4.77. The summed E-state index contributed by atoms with van der Waals surface area (Å²) in [6.07, 6.45) is 7.37. The minimum absolute atomic E-state index is 0.297. The normalized spacial score (nSPS) is 10.1. The summed E-state index contributed by atoms with van der Waals surface area (Å²) in [4.78, 5) is 0. The van der Waals surface area contributed by atoms with Crippen LogP contribution in [0.15, 0.2) is 12.3 Å². The Labute approximate surface area is 74.9 Å². The van der Waals surface area contributed by atoms with E-state index in [0.29, 0.717) is 12.4 Å². The first-order valence-electron chi connectivity index (χ1n) is 4.75. The van der Waals surface area contributed by atoms with Gasteiger partial charge in [0.2, 0.25) is 0 Å². The van der Waals surface area contributed by atoms with Gasteiger partial charge in [-0.3, -0.25) is 0 Å². The maximum atomic E-state index is 8.77. The van der Waals surface area contributed by atoms with E-state index in [9.17, 15) is 0 Å². The second kappa shape index (κ2) is 8.60. The molecule has 0 saturated heterocycles. The van der Waals surface area contributed by atoms with E-state index in [4.69, 9.17) is 10.2 Å². The predicted octanol–water partition coefficient (Wildman–Crippen LogP) is 2.78. The van der Waals surface area contributed by atoms with Crippen molar-refractivity contribution in [1.29, 1.82) is 0 Å². The van der Waals surface area contributed by atoms with Crippen LogP contribution in [0.2, 0.25) is 0 Å². The summed E-state index contributed by atoms with van der Waals surface area (Å²) in [7, 11) is 0. The van der Waals surface area contributed by atoms with E-state index in [1.54, 1.807) is 0 Å². The third kappa shape index (κ3) is 9.50. The molecule has 2 nitrogen and oxygen atoms in total. The van der Waals surface area contributed by atoms with Gasteiger partial charge in [0.05, 0.1) is 5.76 Å². The Bertz CT molecular complexity index is 110. The lowest BCUT2D eigenvalue weighted by atomic mass is 10.1. The quantitative estimate of drug-likeness (QED) is 0.436. The van der Waals surface area contributed by atoms with Crippen LogP contribution < -0.4 is 0 Å². The number of hydrogen-bond acceptors (Lipinski definition) is 2. The fourth-order valence-electron chi connectivity index (χ4n) is 1.15. The summed E-state index contributed by atoms with van der Waals surface area (Å²) >= 11 is 0. The van der Waals surface area contributed by atoms with Gasteiger partial charge in [-0.1, -0.05) is 32.3 Å². The van der Waals surface area contributed by atoms with E-state index in [1.807, 2.05) is 0 Å². The highest BCUT2D eigenvalue weighted by Gasteiger charge is 1.92. The molecule has 0 aliphatic rings. The molecule has 0 spiro atoms. The van der Waals surface area contributed by atoms with Gasteiger partial charge in [0.1, 0.15) is 0 Å². The van der Waals surface area contributed by atoms with Crippen molar-refractivity contribution in [3.05, 3.63) is 12.3 Å². The zero-order valence-corrected chi connectivity index (χ0v) is 7.76. The molecule has 0 aromatic heterocycles. The first-order chi connectivity index (χ1) is 5.77. The molecule has 0 aromatic rings. The lowest BCUT2D eigenvalue weighted by Crippen LogP contribution is -1.84. The van der Waals surface area contributed by atoms with Crippen molar-refractivity contribution in [3.8, 4) is 0 Å². The molecule has 0 aromatic carbocycles. The summed E-state index contributed by atoms with van der Waals surface area (Å²) in [5.74, 6) is 0.297. The third-order valence-electron chi connectivity index (χ3n) is 1.87. The van der Waals surface area contributed by atoms with E-state index in [2.05, 4.69) is 6.58 Å². The van der Waals surface area contributed by atoms with Gasteiger partial charge in [-0.05, 0) is 12.8 Å². The second-order valence-corrected chi connectivity index (χ2v) is 3.16. The summed E-state index contributed by atoms with van der Waals surface area (Å²) in [5.41, 5.74) is 0. The number of unbranched alkanes of at least 4 members (excludes halogenated alkanes) is 5. The topological polar surface area (TPSA) is 40.5 Å². The van der Waals surface area contributed by atoms with Crippen LogP contribution in [-0.4, -0.2) is 16.8 Å². The summed E-state index contributed by atoms with van der Waals surface area (Å²) < 4.78 is 0. The van der Waals surface area contributed by atoms with Crippen LogP contribution in [0.3, 0.4) is 0 Å². The smallest absolute Gasteiger partial charge is 0.0851 e. The number of aliphatic hydroxyl groups excluding tert-OH is 2. The van der Waals surface area contributed by atoms with Crippen LogP contribution in [-0.2, 0) is 0 Å². The first-order valence-corrected chi connectivity index (χ1v) is 4.75. The van der Waals surface area contributed by atoms with Crippen molar-refractivity contribution in [2.24, 2.45) is 0 Å². The van der Waals surface area contributed by atoms with Gasteiger partial charge in [-0.2, -0.15) is 0 Å². The fourth-order valence-corrected chi connectivity index (χ4v) is 1.15. The molecule has 2 N–H and O–H groups in total. The molecule has 0 saturated carbocycles. The Morgan fingerprint density at radius 3 is 1.92 bits per heavy atom. The van der Waals surface area contributed by atoms with E-state index in [1.165, 1.54) is 12.8 Å². The molecule has 0 aliphatic carbocycles. The van der Waals surface area contributed by atoms with Crippen LogP contribution in [0.25, 0.3) is 0 Å². The van der Waals surface area contributed by atoms with Crippen molar-refractivity contribution in [2.45, 2.75) is 44.9 Å². The van der Waals surface area contributed by atoms with Crippen LogP contribution in [0.1, 0.15) is 44.9 Å². The van der Waals surface area contributed by atoms with Crippen LogP contribution in [0.5, 0.6) is 0 Å². The van der Waals surface area contributed by atoms with E-state index >= 15 is 0 Å². The summed E-state index contributed by atoms with van der Waals surface area (Å²) in [6.45, 7) is 3.74. The molecule has 0 radical (unpaired) electrons. The van der Waals surface area contributed by atoms with E-state index < -0.39 is 0 Å². The molecular weight excluding hydrogens is 152 g/mol. The minimum atomic E-state index is 0.297. The molecule has 0 heterocycles. The lowest BCUT2D eigenvalue weighted by Gasteiger charge is -1.99. The average molecular weight is 172 g/mol. The fraction of sp³-hybridized carbons (Fsp3) is 0.800. The Hall–Kier alpha value is -0.500. The molecule has 0 amide bonds. The van der Waals surface area contributed by atoms with E-state index in [0.717, 1.165) is 32.1 Å². The number of hydrogen-bond donors (Lipinski definition) is 2. The Balaban J connectivity index is 2.86. The molecule has 0 rings (SSSR count). The maximum absolute atomic E-state index is 8.77. The molecule has 2 heteroatoms. The molecule has 72 valence electrons. The maximum Gasteiger partial charge on any atom is 0.0851 e. The Kier molecular flexibility index (Phi) is 8.24. The average Bonchev–Trinajstić information content (AvgIpc) is 2.02. The zero-order valence-electron chi connectivity index (χ0n) is 7.76. The van der Waals surface area contributed by atoms with Gasteiger partial charge in [-0.15, -0.1) is 0 Å². The largest absolute Gasteiger partial charge is 0.513 e. The number of aliphatic hydroxyl groups is 2. The highest BCUT2D eigenvalue weighted by Crippen LogP contribution is 2.08. The molecule has 0 fully saturated rings. The Morgan fingerprint density at radius 1 is 0.917 bits per heavy atom. The minimum Gasteiger partial charge on any atom is -0.513 e. The van der Waals surface area contributed by atoms with Gasteiger partial charge in [0.25, 0.3) is 0 Å². The number of rotatable bonds is 8. The monoisotopic (exact) mass is 172 g/mol. The van der Waals surface area contributed by atoms with Crippen molar-refractivity contribution in [2.75, 3.05) is 6.61 Å². The second-order valence-electron chi connectivity index (χ2n) is 3.16. The van der Waals surface area contributed by atoms with Gasteiger partial charge in [-0.25, -0.2) is 0 Å². The molecular formula is C10H20O2. The first kappa shape index (κ1) is 11.5. The third-order valence-corrected chi connectivity index (χ3v) is 1.87. The molecule has 12 heavy (non-hydrogen) atoms. The Morgan fingerprint density at radius 2 is 1.42 bits per heavy atom. The standard InChI is InChI=1S/C10H20O2/c1-10(12)8-6-4-2-3-5-7-9-11/h11-12H,1-9H2. The molecule has 0 unspecified atom stereocenters. The van der Waals surface area contributed by atoms with Gasteiger partial charge >= 0.3 is 0 Å². The molecule has 0 aliphatic heterocycles. The predicted molar refractivity (Wildman–Crippen MR) is 51.2 cm³/mol. The SMILES string of the molecule is C=C(O)CCCCCCCCO. The van der Waals surface area contributed by atoms with Crippen LogP contribution in [0, 0.1) is 0 Å². The zero-order chi connectivity index (χ0) is 9.23. The van der Waals surface area contributed by atoms with Gasteiger partial charge in [0, 0.05) is 13.0 Å². The van der Waals surface area contributed by atoms with Gasteiger partial charge < -0.3 is 10.2 Å².